The molecule has 0 amide bonds. The first-order valence-corrected chi connectivity index (χ1v) is 4.30. The Bertz CT molecular complexity index is 258. The number of methoxy groups -OCH3 is 1. The monoisotopic (exact) mass is 201 g/mol. The Morgan fingerprint density at radius 2 is 1.86 bits per heavy atom. The topological polar surface area (TPSA) is 76.0 Å². The van der Waals surface area contributed by atoms with Gasteiger partial charge < -0.3 is 9.84 Å². The molecule has 0 saturated heterocycles. The normalized spacial score (nSPS) is 14.6. The molecule has 0 unspecified atom stereocenters. The molecule has 0 fully saturated rings. The molecule has 0 aromatic heterocycles. The van der Waals surface area contributed by atoms with E-state index in [1.54, 1.807) is 6.92 Å². The highest BCUT2D eigenvalue weighted by Gasteiger charge is 2.23. The number of nitrogens with zero attached hydrogens (tertiary/aromatic N) is 1. The summed E-state index contributed by atoms with van der Waals surface area (Å²) in [6.07, 6.45) is 0. The van der Waals surface area contributed by atoms with Crippen LogP contribution in [-0.4, -0.2) is 18.2 Å². The van der Waals surface area contributed by atoms with E-state index in [1.165, 1.54) is 0 Å². The number of rotatable bonds is 4. The Morgan fingerprint density at radius 1 is 1.36 bits per heavy atom. The summed E-state index contributed by atoms with van der Waals surface area (Å²) >= 11 is 0. The maximum absolute atomic E-state index is 11.0. The Balaban J connectivity index is 5.01. The second kappa shape index (κ2) is 5.36. The Morgan fingerprint density at radius 3 is 2.14 bits per heavy atom. The number of carbonyl (C=O) groups is 1. The molecule has 0 saturated carbocycles. The second-order valence-corrected chi connectivity index (χ2v) is 3.35. The molecular formula is C9H15NO4. The van der Waals surface area contributed by atoms with E-state index in [-0.39, 0.29) is 17.6 Å². The van der Waals surface area contributed by atoms with Crippen molar-refractivity contribution in [3.8, 4) is 0 Å². The molecule has 80 valence electrons. The van der Waals surface area contributed by atoms with Crippen LogP contribution in [0.25, 0.3) is 0 Å². The van der Waals surface area contributed by atoms with Crippen LogP contribution in [0.1, 0.15) is 20.8 Å². The Labute approximate surface area is 82.7 Å². The first-order chi connectivity index (χ1) is 6.45. The van der Waals surface area contributed by atoms with Gasteiger partial charge in [0.05, 0.1) is 7.11 Å². The predicted octanol–water partition coefficient (Wildman–Crippen LogP) is 1.99. The molecule has 5 heteroatoms. The standard InChI is InChI=1S/C9H15NO4/c1-5(2)6(3)8(11)7(10-13)9(12)14-4/h5-6,11H,1-4H3/b8-7-/t6-/m1/s1. The quantitative estimate of drug-likeness (QED) is 0.326. The summed E-state index contributed by atoms with van der Waals surface area (Å²) < 4.78 is 4.30. The van der Waals surface area contributed by atoms with Crippen molar-refractivity contribution in [3.05, 3.63) is 16.4 Å². The number of hydrogen-bond donors (Lipinski definition) is 1. The smallest absolute Gasteiger partial charge is 0.363 e. The van der Waals surface area contributed by atoms with Crippen LogP contribution in [0.4, 0.5) is 0 Å². The molecule has 0 aromatic rings. The van der Waals surface area contributed by atoms with Crippen LogP contribution in [-0.2, 0) is 9.53 Å². The third kappa shape index (κ3) is 2.83. The first kappa shape index (κ1) is 12.6. The molecule has 0 aliphatic carbocycles. The molecule has 0 radical (unpaired) electrons. The molecular weight excluding hydrogens is 186 g/mol. The van der Waals surface area contributed by atoms with Crippen molar-refractivity contribution in [1.29, 1.82) is 0 Å². The number of ether oxygens (including phenoxy) is 1. The van der Waals surface area contributed by atoms with Crippen molar-refractivity contribution in [2.75, 3.05) is 7.11 Å². The number of hydrogen-bond acceptors (Lipinski definition) is 5. The molecule has 0 bridgehead atoms. The maximum atomic E-state index is 11.0. The average molecular weight is 201 g/mol. The van der Waals surface area contributed by atoms with Gasteiger partial charge in [0.2, 0.25) is 5.70 Å². The van der Waals surface area contributed by atoms with Gasteiger partial charge in [0.25, 0.3) is 0 Å². The minimum Gasteiger partial charge on any atom is -0.509 e. The maximum Gasteiger partial charge on any atom is 0.363 e. The first-order valence-electron chi connectivity index (χ1n) is 4.30. The summed E-state index contributed by atoms with van der Waals surface area (Å²) in [6, 6.07) is 0. The van der Waals surface area contributed by atoms with Gasteiger partial charge in [-0.25, -0.2) is 4.79 Å². The highest BCUT2D eigenvalue weighted by molar-refractivity contribution is 5.88. The molecule has 0 spiro atoms. The van der Waals surface area contributed by atoms with E-state index in [0.29, 0.717) is 0 Å². The van der Waals surface area contributed by atoms with Crippen molar-refractivity contribution < 1.29 is 14.6 Å². The van der Waals surface area contributed by atoms with E-state index in [0.717, 1.165) is 7.11 Å². The van der Waals surface area contributed by atoms with Crippen LogP contribution in [0, 0.1) is 16.7 Å². The zero-order valence-corrected chi connectivity index (χ0v) is 8.77. The van der Waals surface area contributed by atoms with Gasteiger partial charge in [0.15, 0.2) is 0 Å². The molecule has 5 nitrogen and oxygen atoms in total. The molecule has 1 atom stereocenters. The lowest BCUT2D eigenvalue weighted by molar-refractivity contribution is -0.136. The van der Waals surface area contributed by atoms with E-state index in [1.807, 2.05) is 13.8 Å². The third-order valence-electron chi connectivity index (χ3n) is 2.14. The van der Waals surface area contributed by atoms with Crippen molar-refractivity contribution in [2.45, 2.75) is 20.8 Å². The summed E-state index contributed by atoms with van der Waals surface area (Å²) in [5.41, 5.74) is -0.547. The number of nitroso groups, excluding NO2 is 1. The zero-order valence-electron chi connectivity index (χ0n) is 8.77. The molecule has 0 rings (SSSR count). The summed E-state index contributed by atoms with van der Waals surface area (Å²) in [7, 11) is 1.13. The number of allylic oxidation sites excluding steroid dienone is 1. The molecule has 0 aliphatic rings. The number of esters is 1. The van der Waals surface area contributed by atoms with Gasteiger partial charge in [-0.15, -0.1) is 4.91 Å². The minimum atomic E-state index is -0.912. The van der Waals surface area contributed by atoms with Gasteiger partial charge in [0, 0.05) is 5.92 Å². The fourth-order valence-electron chi connectivity index (χ4n) is 0.817. The summed E-state index contributed by atoms with van der Waals surface area (Å²) in [5, 5.41) is 12.0. The molecule has 1 N–H and O–H groups in total. The van der Waals surface area contributed by atoms with E-state index in [9.17, 15) is 14.8 Å². The van der Waals surface area contributed by atoms with Gasteiger partial charge in [-0.3, -0.25) is 0 Å². The van der Waals surface area contributed by atoms with Crippen molar-refractivity contribution in [1.82, 2.24) is 0 Å². The van der Waals surface area contributed by atoms with Gasteiger partial charge >= 0.3 is 5.97 Å². The molecule has 0 aliphatic heterocycles. The van der Waals surface area contributed by atoms with Crippen LogP contribution in [0.3, 0.4) is 0 Å². The summed E-state index contributed by atoms with van der Waals surface area (Å²) in [4.78, 5) is 21.3. The Kier molecular flexibility index (Phi) is 4.83. The van der Waals surface area contributed by atoms with Gasteiger partial charge in [-0.1, -0.05) is 20.8 Å². The zero-order chi connectivity index (χ0) is 11.3. The average Bonchev–Trinajstić information content (AvgIpc) is 2.16. The fourth-order valence-corrected chi connectivity index (χ4v) is 0.817. The summed E-state index contributed by atoms with van der Waals surface area (Å²) in [5.74, 6) is -1.43. The van der Waals surface area contributed by atoms with Crippen LogP contribution >= 0.6 is 0 Å². The second-order valence-electron chi connectivity index (χ2n) is 3.35. The van der Waals surface area contributed by atoms with Crippen LogP contribution in [0.5, 0.6) is 0 Å². The van der Waals surface area contributed by atoms with Crippen molar-refractivity contribution >= 4 is 5.97 Å². The van der Waals surface area contributed by atoms with Crippen molar-refractivity contribution in [3.63, 3.8) is 0 Å². The Hall–Kier alpha value is -1.39. The number of aliphatic hydroxyl groups is 1. The van der Waals surface area contributed by atoms with Gasteiger partial charge in [-0.05, 0) is 11.1 Å². The van der Waals surface area contributed by atoms with Crippen LogP contribution in [0.15, 0.2) is 16.6 Å². The number of aliphatic hydroxyl groups excluding tert-OH is 1. The van der Waals surface area contributed by atoms with Gasteiger partial charge in [-0.2, -0.15) is 0 Å². The highest BCUT2D eigenvalue weighted by Crippen LogP contribution is 2.21. The molecule has 0 heterocycles. The van der Waals surface area contributed by atoms with E-state index in [2.05, 4.69) is 9.91 Å². The predicted molar refractivity (Wildman–Crippen MR) is 51.5 cm³/mol. The molecule has 0 aromatic carbocycles. The number of carbonyl (C=O) groups excluding carboxylic acids is 1. The van der Waals surface area contributed by atoms with Crippen LogP contribution in [0.2, 0.25) is 0 Å². The minimum absolute atomic E-state index is 0.108. The SMILES string of the molecule is COC(=O)/C(N=O)=C(/O)[C@H](C)C(C)C. The lowest BCUT2D eigenvalue weighted by Crippen LogP contribution is -2.14. The van der Waals surface area contributed by atoms with Gasteiger partial charge in [0.1, 0.15) is 5.76 Å². The van der Waals surface area contributed by atoms with E-state index < -0.39 is 11.7 Å². The highest BCUT2D eigenvalue weighted by atomic mass is 16.5. The molecule has 14 heavy (non-hydrogen) atoms. The largest absolute Gasteiger partial charge is 0.509 e. The van der Waals surface area contributed by atoms with Crippen molar-refractivity contribution in [2.24, 2.45) is 17.0 Å². The van der Waals surface area contributed by atoms with E-state index >= 15 is 0 Å². The lowest BCUT2D eigenvalue weighted by atomic mass is 9.95. The fraction of sp³-hybridized carbons (Fsp3) is 0.667. The summed E-state index contributed by atoms with van der Waals surface area (Å²) in [6.45, 7) is 5.43. The lowest BCUT2D eigenvalue weighted by Gasteiger charge is -2.14. The van der Waals surface area contributed by atoms with Crippen LogP contribution < -0.4 is 0 Å². The third-order valence-corrected chi connectivity index (χ3v) is 2.14. The van der Waals surface area contributed by atoms with E-state index in [4.69, 9.17) is 0 Å².